The minimum Gasteiger partial charge on any atom is -0.409 e. The molecule has 1 aromatic carbocycles. The molecule has 1 unspecified atom stereocenters. The fourth-order valence-electron chi connectivity index (χ4n) is 2.49. The van der Waals surface area contributed by atoms with E-state index in [2.05, 4.69) is 10.1 Å². The summed E-state index contributed by atoms with van der Waals surface area (Å²) in [5.41, 5.74) is 6.92. The minimum atomic E-state index is -0.310. The Morgan fingerprint density at radius 1 is 1.45 bits per heavy atom. The maximum absolute atomic E-state index is 9.33. The van der Waals surface area contributed by atoms with Crippen LogP contribution in [0.25, 0.3) is 0 Å². The highest BCUT2D eigenvalue weighted by Gasteiger charge is 2.33. The quantitative estimate of drug-likeness (QED) is 0.329. The number of anilines is 1. The zero-order valence-corrected chi connectivity index (χ0v) is 11.8. The zero-order chi connectivity index (χ0) is 14.8. The van der Waals surface area contributed by atoms with Crippen LogP contribution in [0.3, 0.4) is 0 Å². The highest BCUT2D eigenvalue weighted by atomic mass is 16.5. The Morgan fingerprint density at radius 3 is 2.65 bits per heavy atom. The lowest BCUT2D eigenvalue weighted by molar-refractivity contribution is -0.101. The first-order valence-corrected chi connectivity index (χ1v) is 6.57. The molecule has 1 saturated heterocycles. The van der Waals surface area contributed by atoms with Crippen molar-refractivity contribution < 1.29 is 15.1 Å². The number of nitrogens with two attached hydrogens (primary N) is 1. The molecule has 0 aromatic heterocycles. The van der Waals surface area contributed by atoms with Crippen molar-refractivity contribution >= 4 is 11.5 Å². The third-order valence-electron chi connectivity index (χ3n) is 3.32. The highest BCUT2D eigenvalue weighted by molar-refractivity contribution is 5.97. The van der Waals surface area contributed by atoms with E-state index in [0.717, 1.165) is 12.2 Å². The van der Waals surface area contributed by atoms with Gasteiger partial charge < -0.3 is 25.7 Å². The number of benzene rings is 1. The van der Waals surface area contributed by atoms with E-state index in [4.69, 9.17) is 15.7 Å². The molecular formula is C14H21N3O3. The van der Waals surface area contributed by atoms with Gasteiger partial charge >= 0.3 is 0 Å². The molecule has 0 saturated carbocycles. The number of nitrogens with zero attached hydrogens (tertiary/aromatic N) is 2. The maximum Gasteiger partial charge on any atom is 0.170 e. The second-order valence-corrected chi connectivity index (χ2v) is 5.59. The molecule has 4 N–H and O–H groups in total. The molecule has 1 fully saturated rings. The van der Waals surface area contributed by atoms with Gasteiger partial charge in [0.2, 0.25) is 0 Å². The fraction of sp³-hybridized carbons (Fsp3) is 0.500. The fourth-order valence-corrected chi connectivity index (χ4v) is 2.49. The van der Waals surface area contributed by atoms with E-state index in [1.807, 2.05) is 26.0 Å². The number of oxime groups is 1. The number of hydrogen-bond donors (Lipinski definition) is 3. The van der Waals surface area contributed by atoms with Gasteiger partial charge in [0.1, 0.15) is 0 Å². The van der Waals surface area contributed by atoms with Crippen molar-refractivity contribution in [3.8, 4) is 0 Å². The summed E-state index contributed by atoms with van der Waals surface area (Å²) in [6.07, 6.45) is -0.192. The van der Waals surface area contributed by atoms with Crippen molar-refractivity contribution in [2.24, 2.45) is 10.9 Å². The molecule has 0 amide bonds. The Balaban J connectivity index is 2.18. The Labute approximate surface area is 118 Å². The van der Waals surface area contributed by atoms with Gasteiger partial charge in [0.05, 0.1) is 18.3 Å². The molecular weight excluding hydrogens is 258 g/mol. The number of ether oxygens (including phenoxy) is 1. The number of aliphatic hydroxyl groups excluding tert-OH is 1. The lowest BCUT2D eigenvalue weighted by Gasteiger charge is -2.43. The van der Waals surface area contributed by atoms with Gasteiger partial charge in [-0.2, -0.15) is 0 Å². The molecule has 6 nitrogen and oxygen atoms in total. The predicted octanol–water partition coefficient (Wildman–Crippen LogP) is 0.757. The Bertz CT molecular complexity index is 485. The van der Waals surface area contributed by atoms with Gasteiger partial charge in [-0.05, 0) is 38.1 Å². The van der Waals surface area contributed by atoms with Gasteiger partial charge in [-0.1, -0.05) is 5.16 Å². The van der Waals surface area contributed by atoms with Crippen molar-refractivity contribution in [3.63, 3.8) is 0 Å². The molecule has 0 bridgehead atoms. The third-order valence-corrected chi connectivity index (χ3v) is 3.32. The predicted molar refractivity (Wildman–Crippen MR) is 77.2 cm³/mol. The van der Waals surface area contributed by atoms with Gasteiger partial charge in [-0.15, -0.1) is 0 Å². The van der Waals surface area contributed by atoms with Crippen LogP contribution in [0, 0.1) is 0 Å². The van der Waals surface area contributed by atoms with Gasteiger partial charge in [0.15, 0.2) is 5.84 Å². The number of aliphatic hydroxyl groups is 1. The minimum absolute atomic E-state index is 0.00211. The summed E-state index contributed by atoms with van der Waals surface area (Å²) in [4.78, 5) is 2.17. The van der Waals surface area contributed by atoms with Crippen molar-refractivity contribution in [3.05, 3.63) is 29.8 Å². The van der Waals surface area contributed by atoms with E-state index in [-0.39, 0.29) is 24.1 Å². The molecule has 110 valence electrons. The summed E-state index contributed by atoms with van der Waals surface area (Å²) in [5, 5.41) is 21.0. The van der Waals surface area contributed by atoms with Gasteiger partial charge in [0, 0.05) is 24.3 Å². The largest absolute Gasteiger partial charge is 0.409 e. The van der Waals surface area contributed by atoms with Crippen LogP contribution in [0.5, 0.6) is 0 Å². The molecule has 0 aliphatic carbocycles. The molecule has 0 radical (unpaired) electrons. The topological polar surface area (TPSA) is 91.3 Å². The molecule has 6 heteroatoms. The Morgan fingerprint density at radius 2 is 2.10 bits per heavy atom. The second-order valence-electron chi connectivity index (χ2n) is 5.59. The highest BCUT2D eigenvalue weighted by Crippen LogP contribution is 2.26. The van der Waals surface area contributed by atoms with Gasteiger partial charge in [-0.3, -0.25) is 0 Å². The zero-order valence-electron chi connectivity index (χ0n) is 11.8. The maximum atomic E-state index is 9.33. The first kappa shape index (κ1) is 14.6. The normalized spacial score (nSPS) is 22.9. The van der Waals surface area contributed by atoms with Crippen LogP contribution in [0.2, 0.25) is 0 Å². The first-order valence-electron chi connectivity index (χ1n) is 6.57. The SMILES string of the molecule is CC1(C)CN(c2ccc(/C(N)=N/O)cc2)CC(CO)O1. The van der Waals surface area contributed by atoms with E-state index in [9.17, 15) is 5.11 Å². The van der Waals surface area contributed by atoms with E-state index in [1.54, 1.807) is 12.1 Å². The van der Waals surface area contributed by atoms with Crippen LogP contribution >= 0.6 is 0 Å². The van der Waals surface area contributed by atoms with E-state index >= 15 is 0 Å². The van der Waals surface area contributed by atoms with E-state index in [1.165, 1.54) is 0 Å². The van der Waals surface area contributed by atoms with Crippen LogP contribution in [-0.2, 0) is 4.74 Å². The summed E-state index contributed by atoms with van der Waals surface area (Å²) in [6.45, 7) is 5.40. The molecule has 1 heterocycles. The average molecular weight is 279 g/mol. The van der Waals surface area contributed by atoms with E-state index in [0.29, 0.717) is 12.1 Å². The van der Waals surface area contributed by atoms with Crippen LogP contribution in [-0.4, -0.2) is 47.6 Å². The molecule has 0 spiro atoms. The van der Waals surface area contributed by atoms with Crippen molar-refractivity contribution in [1.82, 2.24) is 0 Å². The smallest absolute Gasteiger partial charge is 0.170 e. The molecule has 2 rings (SSSR count). The average Bonchev–Trinajstić information content (AvgIpc) is 2.44. The van der Waals surface area contributed by atoms with Crippen LogP contribution < -0.4 is 10.6 Å². The van der Waals surface area contributed by atoms with Crippen LogP contribution in [0.4, 0.5) is 5.69 Å². The molecule has 1 atom stereocenters. The number of morpholine rings is 1. The standard InChI is InChI=1S/C14H21N3O3/c1-14(2)9-17(7-12(8-18)20-14)11-5-3-10(4-6-11)13(15)16-19/h3-6,12,18-19H,7-9H2,1-2H3,(H2,15,16). The van der Waals surface area contributed by atoms with Crippen molar-refractivity contribution in [2.75, 3.05) is 24.6 Å². The van der Waals surface area contributed by atoms with Crippen LogP contribution in [0.15, 0.2) is 29.4 Å². The summed E-state index contributed by atoms with van der Waals surface area (Å²) >= 11 is 0. The molecule has 1 aliphatic heterocycles. The lowest BCUT2D eigenvalue weighted by atomic mass is 10.0. The van der Waals surface area contributed by atoms with E-state index < -0.39 is 0 Å². The number of hydrogen-bond acceptors (Lipinski definition) is 5. The number of amidine groups is 1. The first-order chi connectivity index (χ1) is 9.45. The van der Waals surface area contributed by atoms with Crippen LogP contribution in [0.1, 0.15) is 19.4 Å². The molecule has 20 heavy (non-hydrogen) atoms. The Kier molecular flexibility index (Phi) is 4.15. The lowest BCUT2D eigenvalue weighted by Crippen LogP contribution is -2.54. The van der Waals surface area contributed by atoms with Crippen molar-refractivity contribution in [1.29, 1.82) is 0 Å². The van der Waals surface area contributed by atoms with Gasteiger partial charge in [0.25, 0.3) is 0 Å². The second kappa shape index (κ2) is 5.68. The Hall–Kier alpha value is -1.79. The molecule has 1 aliphatic rings. The molecule has 1 aromatic rings. The van der Waals surface area contributed by atoms with Gasteiger partial charge in [-0.25, -0.2) is 0 Å². The summed E-state index contributed by atoms with van der Waals surface area (Å²) in [6, 6.07) is 7.45. The van der Waals surface area contributed by atoms with Crippen molar-refractivity contribution in [2.45, 2.75) is 25.6 Å². The number of rotatable bonds is 3. The third kappa shape index (κ3) is 3.20. The summed E-state index contributed by atoms with van der Waals surface area (Å²) < 4.78 is 5.79. The summed E-state index contributed by atoms with van der Waals surface area (Å²) in [7, 11) is 0. The summed E-state index contributed by atoms with van der Waals surface area (Å²) in [5.74, 6) is 0.0899. The monoisotopic (exact) mass is 279 g/mol.